The average molecular weight is 687 g/mol. The number of phosphoric ester groups is 1. The molecule has 3 unspecified atom stereocenters. The summed E-state index contributed by atoms with van der Waals surface area (Å²) in [4.78, 5) is 61.4. The van der Waals surface area contributed by atoms with E-state index in [9.17, 15) is 43.5 Å². The van der Waals surface area contributed by atoms with Crippen molar-refractivity contribution in [2.24, 2.45) is 5.41 Å². The summed E-state index contributed by atoms with van der Waals surface area (Å²) in [7, 11) is -16.8. The van der Waals surface area contributed by atoms with Gasteiger partial charge < -0.3 is 44.4 Å². The van der Waals surface area contributed by atoms with Gasteiger partial charge in [0.25, 0.3) is 11.6 Å². The molecule has 22 heteroatoms. The Hall–Kier alpha value is -2.34. The Morgan fingerprint density at radius 1 is 1.16 bits per heavy atom. The predicted octanol–water partition coefficient (Wildman–Crippen LogP) is 2.30. The van der Waals surface area contributed by atoms with Gasteiger partial charge >= 0.3 is 23.5 Å². The van der Waals surface area contributed by atoms with Crippen LogP contribution >= 0.6 is 23.5 Å². The summed E-state index contributed by atoms with van der Waals surface area (Å²) in [5.74, 6) is -0.542. The van der Waals surface area contributed by atoms with Crippen molar-refractivity contribution < 1.29 is 70.7 Å². The van der Waals surface area contributed by atoms with Crippen LogP contribution in [0.25, 0.3) is 0 Å². The number of aliphatic hydroxyl groups is 1. The third kappa shape index (κ3) is 9.83. The zero-order valence-corrected chi connectivity index (χ0v) is 26.2. The number of hydrogen-bond donors (Lipinski definition) is 6. The van der Waals surface area contributed by atoms with E-state index in [1.165, 1.54) is 23.2 Å². The number of para-hydroxylation sites is 1. The highest BCUT2D eigenvalue weighted by molar-refractivity contribution is 7.66. The topological polar surface area (TPSA) is 274 Å². The van der Waals surface area contributed by atoms with E-state index in [-0.39, 0.29) is 30.1 Å². The van der Waals surface area contributed by atoms with Crippen LogP contribution in [-0.2, 0) is 41.1 Å². The van der Waals surface area contributed by atoms with Gasteiger partial charge in [-0.25, -0.2) is 13.7 Å². The fourth-order valence-corrected chi connectivity index (χ4v) is 7.33. The summed E-state index contributed by atoms with van der Waals surface area (Å²) in [5, 5.41) is 24.6. The largest absolute Gasteiger partial charge is 0.490 e. The summed E-state index contributed by atoms with van der Waals surface area (Å²) in [6, 6.07) is 6.06. The van der Waals surface area contributed by atoms with Crippen LogP contribution in [0.2, 0.25) is 0 Å². The molecule has 3 rings (SSSR count). The molecule has 1 aromatic carbocycles. The van der Waals surface area contributed by atoms with Gasteiger partial charge in [0.15, 0.2) is 0 Å². The van der Waals surface area contributed by atoms with Crippen molar-refractivity contribution in [2.75, 3.05) is 13.2 Å². The highest BCUT2D eigenvalue weighted by Gasteiger charge is 2.44. The van der Waals surface area contributed by atoms with E-state index in [1.807, 2.05) is 20.8 Å². The molecule has 246 valence electrons. The molecule has 0 aromatic heterocycles. The molecule has 19 nitrogen and oxygen atoms in total. The van der Waals surface area contributed by atoms with Crippen molar-refractivity contribution >= 4 is 35.1 Å². The lowest BCUT2D eigenvalue weighted by Crippen LogP contribution is -2.44. The van der Waals surface area contributed by atoms with Crippen LogP contribution in [0, 0.1) is 15.5 Å². The van der Waals surface area contributed by atoms with Gasteiger partial charge in [0.1, 0.15) is 18.2 Å². The fraction of sp³-hybridized carbons (Fsp3) is 0.500. The molecule has 1 aromatic rings. The van der Waals surface area contributed by atoms with Crippen LogP contribution < -0.4 is 5.32 Å². The van der Waals surface area contributed by atoms with E-state index in [1.54, 1.807) is 12.1 Å². The van der Waals surface area contributed by atoms with Crippen LogP contribution in [0.1, 0.15) is 38.9 Å². The van der Waals surface area contributed by atoms with Gasteiger partial charge in [0.05, 0.1) is 41.5 Å². The summed E-state index contributed by atoms with van der Waals surface area (Å²) in [6.45, 7) is 7.99. The summed E-state index contributed by atoms with van der Waals surface area (Å²) in [5.41, 5.74) is -0.404. The standard InChI is InChI=1S/C22H32N3O16P3/c1-13-23-21(27)14(11-37-20(22(2,3)4)15-7-5-6-8-16(15)25(28)29)10-24(13)19-9-17(26)18(39-19)12-38-43(33,34)41-44(35,36)40-42(30,31)32/h5-8,10,17-20,26H,1,9,11-12H2,2-4H3,(H,23,27)(H,33,34)(H,35,36)(H2,30,31,32)/t17?,18-,19-,20-/m1/s1. The Labute approximate surface area is 250 Å². The lowest BCUT2D eigenvalue weighted by Gasteiger charge is -2.35. The molecule has 0 spiro atoms. The number of nitro benzene ring substituents is 1. The molecule has 1 saturated heterocycles. The minimum Gasteiger partial charge on any atom is -0.390 e. The smallest absolute Gasteiger partial charge is 0.390 e. The molecular weight excluding hydrogens is 655 g/mol. The number of aliphatic hydroxyl groups excluding tert-OH is 1. The number of rotatable bonds is 13. The zero-order valence-electron chi connectivity index (χ0n) is 23.5. The van der Waals surface area contributed by atoms with Crippen molar-refractivity contribution in [1.82, 2.24) is 10.2 Å². The van der Waals surface area contributed by atoms with Crippen molar-refractivity contribution in [3.63, 3.8) is 0 Å². The maximum atomic E-state index is 12.7. The molecule has 6 atom stereocenters. The Bertz CT molecular complexity index is 1460. The highest BCUT2D eigenvalue weighted by Crippen LogP contribution is 2.66. The molecule has 2 heterocycles. The van der Waals surface area contributed by atoms with Gasteiger partial charge in [-0.1, -0.05) is 39.5 Å². The summed E-state index contributed by atoms with van der Waals surface area (Å²) < 4.78 is 57.9. The number of nitrogens with one attached hydrogen (secondary N) is 1. The lowest BCUT2D eigenvalue weighted by atomic mass is 9.84. The number of nitro groups is 1. The molecule has 1 fully saturated rings. The molecule has 0 aliphatic carbocycles. The van der Waals surface area contributed by atoms with Gasteiger partial charge in [0, 0.05) is 18.7 Å². The molecule has 44 heavy (non-hydrogen) atoms. The molecule has 0 saturated carbocycles. The first-order chi connectivity index (χ1) is 20.1. The Morgan fingerprint density at radius 3 is 2.39 bits per heavy atom. The first-order valence-corrected chi connectivity index (χ1v) is 17.1. The van der Waals surface area contributed by atoms with E-state index in [0.717, 1.165) is 0 Å². The predicted molar refractivity (Wildman–Crippen MR) is 148 cm³/mol. The average Bonchev–Trinajstić information content (AvgIpc) is 3.21. The molecule has 2 aliphatic rings. The van der Waals surface area contributed by atoms with Gasteiger partial charge in [-0.2, -0.15) is 8.62 Å². The third-order valence-electron chi connectivity index (χ3n) is 6.10. The summed E-state index contributed by atoms with van der Waals surface area (Å²) in [6.07, 6.45) is -3.30. The van der Waals surface area contributed by atoms with Crippen molar-refractivity contribution in [2.45, 2.75) is 51.7 Å². The maximum Gasteiger partial charge on any atom is 0.490 e. The molecule has 0 bridgehead atoms. The number of carbonyl (C=O) groups excluding carboxylic acids is 1. The monoisotopic (exact) mass is 687 g/mol. The normalized spacial score (nSPS) is 24.7. The van der Waals surface area contributed by atoms with Gasteiger partial charge in [-0.3, -0.25) is 19.4 Å². The number of hydrogen-bond acceptors (Lipinski definition) is 13. The molecular formula is C22H32N3O16P3. The van der Waals surface area contributed by atoms with E-state index in [4.69, 9.17) is 19.3 Å². The highest BCUT2D eigenvalue weighted by atomic mass is 31.3. The number of phosphoric acid groups is 3. The van der Waals surface area contributed by atoms with Gasteiger partial charge in [-0.15, -0.1) is 0 Å². The Morgan fingerprint density at radius 2 is 1.80 bits per heavy atom. The Kier molecular flexibility index (Phi) is 11.1. The van der Waals surface area contributed by atoms with Crippen LogP contribution in [0.3, 0.4) is 0 Å². The fourth-order valence-electron chi connectivity index (χ4n) is 4.30. The van der Waals surface area contributed by atoms with Crippen molar-refractivity contribution in [3.05, 3.63) is 64.1 Å². The van der Waals surface area contributed by atoms with Gasteiger partial charge in [-0.05, 0) is 11.5 Å². The number of ether oxygens (including phenoxy) is 2. The van der Waals surface area contributed by atoms with Crippen LogP contribution in [-0.4, -0.2) is 72.1 Å². The first kappa shape index (κ1) is 36.1. The zero-order chi connectivity index (χ0) is 33.3. The lowest BCUT2D eigenvalue weighted by molar-refractivity contribution is -0.386. The van der Waals surface area contributed by atoms with E-state index >= 15 is 0 Å². The van der Waals surface area contributed by atoms with Crippen molar-refractivity contribution in [1.29, 1.82) is 0 Å². The van der Waals surface area contributed by atoms with Crippen LogP contribution in [0.5, 0.6) is 0 Å². The Balaban J connectivity index is 1.71. The summed E-state index contributed by atoms with van der Waals surface area (Å²) >= 11 is 0. The third-order valence-corrected chi connectivity index (χ3v) is 9.90. The quantitative estimate of drug-likeness (QED) is 0.0986. The minimum absolute atomic E-state index is 0.0376. The number of carbonyl (C=O) groups is 1. The second kappa shape index (κ2) is 13.6. The van der Waals surface area contributed by atoms with Crippen LogP contribution in [0.15, 0.2) is 48.4 Å². The van der Waals surface area contributed by atoms with Crippen LogP contribution in [0.4, 0.5) is 5.69 Å². The van der Waals surface area contributed by atoms with E-state index in [0.29, 0.717) is 5.56 Å². The minimum atomic E-state index is -5.74. The molecule has 2 aliphatic heterocycles. The number of benzene rings is 1. The van der Waals surface area contributed by atoms with E-state index in [2.05, 4.69) is 25.0 Å². The first-order valence-electron chi connectivity index (χ1n) is 12.5. The van der Waals surface area contributed by atoms with Gasteiger partial charge in [0.2, 0.25) is 0 Å². The van der Waals surface area contributed by atoms with Crippen molar-refractivity contribution in [3.8, 4) is 0 Å². The number of nitrogens with zero attached hydrogens (tertiary/aromatic N) is 2. The number of amides is 1. The van der Waals surface area contributed by atoms with E-state index < -0.39 is 70.9 Å². The second-order valence-corrected chi connectivity index (χ2v) is 15.1. The second-order valence-electron chi connectivity index (χ2n) is 10.7. The molecule has 6 N–H and O–H groups in total. The molecule has 0 radical (unpaired) electrons. The maximum absolute atomic E-state index is 12.7. The molecule has 1 amide bonds. The SMILES string of the molecule is C=C1NC(=O)C(CO[C@H](c2ccccc2[N+](=O)[O-])C(C)(C)C)=CN1[C@H]1CC(O)[C@@H](COP(=O)(O)OP(=O)(O)OP(=O)(O)O)O1.